The van der Waals surface area contributed by atoms with Gasteiger partial charge in [-0.2, -0.15) is 0 Å². The fourth-order valence-electron chi connectivity index (χ4n) is 2.04. The van der Waals surface area contributed by atoms with Crippen molar-refractivity contribution in [2.45, 2.75) is 6.92 Å². The van der Waals surface area contributed by atoms with Crippen LogP contribution in [0.5, 0.6) is 0 Å². The maximum absolute atomic E-state index is 12.2. The topological polar surface area (TPSA) is 74.8 Å². The van der Waals surface area contributed by atoms with Crippen molar-refractivity contribution in [2.24, 2.45) is 0 Å². The maximum Gasteiger partial charge on any atom is 0.263 e. The fraction of sp³-hybridized carbons (Fsp3) is 0.0625. The molecule has 7 heteroatoms. The van der Waals surface area contributed by atoms with E-state index < -0.39 is 11.5 Å². The molecule has 5 nitrogen and oxygen atoms in total. The molecule has 2 aromatic heterocycles. The summed E-state index contributed by atoms with van der Waals surface area (Å²) in [7, 11) is 0. The number of rotatable bonds is 3. The van der Waals surface area contributed by atoms with Crippen molar-refractivity contribution in [1.82, 2.24) is 9.97 Å². The van der Waals surface area contributed by atoms with Crippen molar-refractivity contribution < 1.29 is 4.79 Å². The number of benzene rings is 1. The van der Waals surface area contributed by atoms with Crippen molar-refractivity contribution in [3.63, 3.8) is 0 Å². The van der Waals surface area contributed by atoms with Crippen LogP contribution in [0.1, 0.15) is 16.1 Å². The monoisotopic (exact) mass is 345 g/mol. The van der Waals surface area contributed by atoms with Crippen LogP contribution < -0.4 is 10.9 Å². The van der Waals surface area contributed by atoms with Gasteiger partial charge in [-0.05, 0) is 25.1 Å². The number of carbonyl (C=O) groups is 1. The van der Waals surface area contributed by atoms with Crippen LogP contribution in [0.15, 0.2) is 46.6 Å². The molecule has 1 aromatic carbocycles. The number of hydrogen-bond acceptors (Lipinski definition) is 4. The summed E-state index contributed by atoms with van der Waals surface area (Å²) in [4.78, 5) is 30.9. The number of anilines is 1. The Hall–Kier alpha value is -2.44. The third-order valence-corrected chi connectivity index (χ3v) is 4.26. The number of amides is 1. The molecule has 0 bridgehead atoms. The Labute approximate surface area is 141 Å². The lowest BCUT2D eigenvalue weighted by Gasteiger charge is -2.02. The number of nitrogens with one attached hydrogen (secondary N) is 2. The van der Waals surface area contributed by atoms with E-state index in [0.29, 0.717) is 21.5 Å². The fourth-order valence-corrected chi connectivity index (χ4v) is 2.98. The summed E-state index contributed by atoms with van der Waals surface area (Å²) >= 11 is 7.41. The third kappa shape index (κ3) is 3.33. The lowest BCUT2D eigenvalue weighted by atomic mass is 10.2. The summed E-state index contributed by atoms with van der Waals surface area (Å²) in [5, 5.41) is 5.43. The van der Waals surface area contributed by atoms with Crippen LogP contribution >= 0.6 is 22.9 Å². The number of H-pyrrole nitrogens is 1. The molecule has 0 unspecified atom stereocenters. The first kappa shape index (κ1) is 15.5. The molecule has 0 aliphatic rings. The van der Waals surface area contributed by atoms with E-state index in [2.05, 4.69) is 15.3 Å². The molecule has 0 radical (unpaired) electrons. The Morgan fingerprint density at radius 2 is 2.04 bits per heavy atom. The zero-order valence-electron chi connectivity index (χ0n) is 12.1. The van der Waals surface area contributed by atoms with E-state index in [1.54, 1.807) is 24.4 Å². The number of aromatic nitrogens is 2. The molecule has 0 saturated heterocycles. The predicted octanol–water partition coefficient (Wildman–Crippen LogP) is 3.71. The van der Waals surface area contributed by atoms with Gasteiger partial charge in [-0.25, -0.2) is 4.98 Å². The highest BCUT2D eigenvalue weighted by molar-refractivity contribution is 7.14. The van der Waals surface area contributed by atoms with Gasteiger partial charge in [0.2, 0.25) is 0 Å². The molecule has 3 aromatic rings. The lowest BCUT2D eigenvalue weighted by molar-refractivity contribution is 0.102. The van der Waals surface area contributed by atoms with Gasteiger partial charge in [-0.1, -0.05) is 29.8 Å². The Kier molecular flexibility index (Phi) is 4.27. The number of aryl methyl sites for hydroxylation is 1. The van der Waals surface area contributed by atoms with Gasteiger partial charge in [0.1, 0.15) is 5.56 Å². The van der Waals surface area contributed by atoms with Crippen molar-refractivity contribution in [2.75, 3.05) is 5.32 Å². The van der Waals surface area contributed by atoms with Crippen LogP contribution in [-0.2, 0) is 0 Å². The van der Waals surface area contributed by atoms with Gasteiger partial charge in [-0.3, -0.25) is 14.9 Å². The maximum atomic E-state index is 12.2. The first-order valence-electron chi connectivity index (χ1n) is 6.76. The highest BCUT2D eigenvalue weighted by atomic mass is 35.5. The van der Waals surface area contributed by atoms with Gasteiger partial charge in [-0.15, -0.1) is 11.3 Å². The van der Waals surface area contributed by atoms with Gasteiger partial charge in [0.05, 0.1) is 5.69 Å². The smallest absolute Gasteiger partial charge is 0.263 e. The summed E-state index contributed by atoms with van der Waals surface area (Å²) in [6, 6.07) is 10.5. The largest absolute Gasteiger partial charge is 0.326 e. The normalized spacial score (nSPS) is 10.5. The minimum atomic E-state index is -0.494. The second kappa shape index (κ2) is 6.36. The van der Waals surface area contributed by atoms with E-state index in [1.807, 2.05) is 18.2 Å². The van der Waals surface area contributed by atoms with Crippen LogP contribution in [-0.4, -0.2) is 15.9 Å². The van der Waals surface area contributed by atoms with Gasteiger partial charge < -0.3 is 4.98 Å². The SMILES string of the molecule is Cc1ccc(C(=O)Nc2nc(-c3ccccc3Cl)cs2)c(=O)[nH]1. The Balaban J connectivity index is 1.83. The molecular weight excluding hydrogens is 334 g/mol. The van der Waals surface area contributed by atoms with Gasteiger partial charge >= 0.3 is 0 Å². The number of aromatic amines is 1. The number of hydrogen-bond donors (Lipinski definition) is 2. The number of nitrogens with zero attached hydrogens (tertiary/aromatic N) is 1. The number of pyridine rings is 1. The van der Waals surface area contributed by atoms with E-state index in [9.17, 15) is 9.59 Å². The average Bonchev–Trinajstić information content (AvgIpc) is 2.95. The minimum absolute atomic E-state index is 0.0464. The van der Waals surface area contributed by atoms with Gasteiger partial charge in [0.15, 0.2) is 5.13 Å². The third-order valence-electron chi connectivity index (χ3n) is 3.17. The highest BCUT2D eigenvalue weighted by Crippen LogP contribution is 2.30. The molecule has 0 fully saturated rings. The molecule has 3 rings (SSSR count). The van der Waals surface area contributed by atoms with Crippen LogP contribution in [0.3, 0.4) is 0 Å². The quantitative estimate of drug-likeness (QED) is 0.759. The van der Waals surface area contributed by atoms with Gasteiger partial charge in [0.25, 0.3) is 11.5 Å². The van der Waals surface area contributed by atoms with Crippen LogP contribution in [0.4, 0.5) is 5.13 Å². The number of halogens is 1. The Morgan fingerprint density at radius 1 is 1.26 bits per heavy atom. The van der Waals surface area contributed by atoms with Gasteiger partial charge in [0, 0.05) is 21.7 Å². The second-order valence-corrected chi connectivity index (χ2v) is 6.12. The molecule has 2 N–H and O–H groups in total. The molecule has 116 valence electrons. The van der Waals surface area contributed by atoms with E-state index in [0.717, 1.165) is 5.56 Å². The molecular formula is C16H12ClN3O2S. The van der Waals surface area contributed by atoms with Crippen molar-refractivity contribution in [3.05, 3.63) is 68.4 Å². The lowest BCUT2D eigenvalue weighted by Crippen LogP contribution is -2.23. The second-order valence-electron chi connectivity index (χ2n) is 4.86. The Bertz CT molecular complexity index is 933. The van der Waals surface area contributed by atoms with E-state index in [-0.39, 0.29) is 5.56 Å². The minimum Gasteiger partial charge on any atom is -0.326 e. The summed E-state index contributed by atoms with van der Waals surface area (Å²) in [6.07, 6.45) is 0. The zero-order chi connectivity index (χ0) is 16.4. The predicted molar refractivity (Wildman–Crippen MR) is 92.3 cm³/mol. The molecule has 1 amide bonds. The molecule has 23 heavy (non-hydrogen) atoms. The standard InChI is InChI=1S/C16H12ClN3O2S/c1-9-6-7-11(14(21)18-9)15(22)20-16-19-13(8-23-16)10-4-2-3-5-12(10)17/h2-8H,1H3,(H,18,21)(H,19,20,22). The van der Waals surface area contributed by atoms with Crippen LogP contribution in [0, 0.1) is 6.92 Å². The van der Waals surface area contributed by atoms with E-state index in [4.69, 9.17) is 11.6 Å². The summed E-state index contributed by atoms with van der Waals surface area (Å²) in [6.45, 7) is 1.75. The number of carbonyl (C=O) groups excluding carboxylic acids is 1. The Morgan fingerprint density at radius 3 is 2.78 bits per heavy atom. The molecule has 0 saturated carbocycles. The molecule has 2 heterocycles. The average molecular weight is 346 g/mol. The van der Waals surface area contributed by atoms with Crippen LogP contribution in [0.2, 0.25) is 5.02 Å². The molecule has 0 aliphatic carbocycles. The zero-order valence-corrected chi connectivity index (χ0v) is 13.7. The number of thiazole rings is 1. The first-order valence-corrected chi connectivity index (χ1v) is 8.02. The van der Waals surface area contributed by atoms with Crippen molar-refractivity contribution in [1.29, 1.82) is 0 Å². The van der Waals surface area contributed by atoms with E-state index >= 15 is 0 Å². The van der Waals surface area contributed by atoms with Crippen LogP contribution in [0.25, 0.3) is 11.3 Å². The summed E-state index contributed by atoms with van der Waals surface area (Å²) < 4.78 is 0. The van der Waals surface area contributed by atoms with Crippen molar-refractivity contribution in [3.8, 4) is 11.3 Å². The summed E-state index contributed by atoms with van der Waals surface area (Å²) in [5.41, 5.74) is 1.78. The molecule has 0 atom stereocenters. The van der Waals surface area contributed by atoms with Crippen molar-refractivity contribution >= 4 is 34.0 Å². The molecule has 0 aliphatic heterocycles. The highest BCUT2D eigenvalue weighted by Gasteiger charge is 2.14. The summed E-state index contributed by atoms with van der Waals surface area (Å²) in [5.74, 6) is -0.494. The molecule has 0 spiro atoms. The van der Waals surface area contributed by atoms with E-state index in [1.165, 1.54) is 17.4 Å². The first-order chi connectivity index (χ1) is 11.0.